The normalized spacial score (nSPS) is 36.4. The van der Waals surface area contributed by atoms with Crippen LogP contribution in [0.25, 0.3) is 0 Å². The van der Waals surface area contributed by atoms with E-state index in [-0.39, 0.29) is 158 Å². The third-order valence-corrected chi connectivity index (χ3v) is 37.8. The van der Waals surface area contributed by atoms with Crippen molar-refractivity contribution in [1.82, 2.24) is 44.4 Å². The van der Waals surface area contributed by atoms with Crippen molar-refractivity contribution in [2.24, 2.45) is 98.6 Å². The van der Waals surface area contributed by atoms with E-state index in [0.717, 1.165) is 147 Å². The van der Waals surface area contributed by atoms with Crippen LogP contribution in [0.3, 0.4) is 0 Å². The zero-order valence-electron chi connectivity index (χ0n) is 74.1. The summed E-state index contributed by atoms with van der Waals surface area (Å²) >= 11 is 0. The van der Waals surface area contributed by atoms with Gasteiger partial charge in [0.1, 0.15) is 64.9 Å². The van der Waals surface area contributed by atoms with Crippen LogP contribution in [0, 0.1) is 122 Å². The Hall–Kier alpha value is -8.89. The second-order valence-corrected chi connectivity index (χ2v) is 47.9. The van der Waals surface area contributed by atoms with Crippen LogP contribution in [0.1, 0.15) is 212 Å². The van der Waals surface area contributed by atoms with Crippen molar-refractivity contribution < 1.29 is 80.0 Å². The monoisotopic (exact) mass is 1760 g/mol. The number of hydrogen-bond donors (Lipinski definition) is 2. The maximum Gasteiger partial charge on any atom is 0.309 e. The number of nitrogens with zero attached hydrogens (tertiary/aromatic N) is 9. The second-order valence-electron chi connectivity index (χ2n) is 43.7. The van der Waals surface area contributed by atoms with Gasteiger partial charge in [0, 0.05) is 39.8 Å². The van der Waals surface area contributed by atoms with E-state index in [9.17, 15) is 61.3 Å². The summed E-state index contributed by atoms with van der Waals surface area (Å²) in [5.41, 5.74) is 1.35. The van der Waals surface area contributed by atoms with Gasteiger partial charge in [-0.1, -0.05) is 109 Å². The van der Waals surface area contributed by atoms with E-state index in [2.05, 4.69) is 129 Å². The number of aliphatic hydroxyl groups is 2. The molecule has 4 aromatic heterocycles. The van der Waals surface area contributed by atoms with E-state index in [1.54, 1.807) is 12.0 Å². The molecule has 23 rings (SSSR count). The van der Waals surface area contributed by atoms with Gasteiger partial charge < -0.3 is 53.3 Å². The molecule has 27 heteroatoms. The lowest BCUT2D eigenvalue weighted by atomic mass is 9.67. The summed E-state index contributed by atoms with van der Waals surface area (Å²) in [6, 6.07) is 32.3. The molecular weight excluding hydrogens is 1640 g/mol. The van der Waals surface area contributed by atoms with Crippen LogP contribution in [0.15, 0.2) is 134 Å². The summed E-state index contributed by atoms with van der Waals surface area (Å²) in [5.74, 6) is 2.06. The van der Waals surface area contributed by atoms with Crippen LogP contribution in [-0.2, 0) is 33.0 Å². The van der Waals surface area contributed by atoms with E-state index in [4.69, 9.17) is 18.6 Å². The maximum atomic E-state index is 13.9. The number of amides is 5. The topological polar surface area (TPSA) is 265 Å². The molecule has 12 aliphatic carbocycles. The second kappa shape index (κ2) is 33.5. The number of piperidine rings is 5. The first-order valence-corrected chi connectivity index (χ1v) is 48.6. The van der Waals surface area contributed by atoms with Gasteiger partial charge in [0.15, 0.2) is 0 Å². The van der Waals surface area contributed by atoms with Gasteiger partial charge in [0.2, 0.25) is 5.91 Å². The highest BCUT2D eigenvalue weighted by atomic mass is 28.4. The van der Waals surface area contributed by atoms with Crippen molar-refractivity contribution in [3.05, 3.63) is 180 Å². The highest BCUT2D eigenvalue weighted by Gasteiger charge is 2.67. The van der Waals surface area contributed by atoms with Crippen LogP contribution >= 0.6 is 0 Å². The summed E-state index contributed by atoms with van der Waals surface area (Å²) in [4.78, 5) is 115. The average Bonchev–Trinajstić information content (AvgIpc) is 1.49. The van der Waals surface area contributed by atoms with Gasteiger partial charge in [-0.2, -0.15) is 0 Å². The fraction of sp³-hybridized carbons (Fsp3) is 0.610. The molecule has 22 nitrogen and oxygen atoms in total. The summed E-state index contributed by atoms with van der Waals surface area (Å²) in [5, 5.41) is 23.2. The zero-order chi connectivity index (χ0) is 88.9. The molecule has 2 aromatic carbocycles. The Morgan fingerprint density at radius 2 is 0.717 bits per heavy atom. The van der Waals surface area contributed by atoms with E-state index in [1.807, 2.05) is 19.6 Å². The van der Waals surface area contributed by atoms with Crippen molar-refractivity contribution in [1.29, 1.82) is 0 Å². The quantitative estimate of drug-likeness (QED) is 0.0583. The summed E-state index contributed by atoms with van der Waals surface area (Å²) in [6.45, 7) is 19.6. The number of carbonyl (C=O) groups is 7. The molecule has 5 aliphatic heterocycles. The van der Waals surface area contributed by atoms with Gasteiger partial charge in [-0.05, 0) is 273 Å². The van der Waals surface area contributed by atoms with Gasteiger partial charge in [0.25, 0.3) is 31.9 Å². The molecule has 676 valence electrons. The number of halogens is 4. The number of carbonyl (C=O) groups excluding carboxylic acids is 7. The van der Waals surface area contributed by atoms with Crippen LogP contribution in [0.4, 0.5) is 17.6 Å². The largest absolute Gasteiger partial charge is 0.460 e. The molecule has 25 atom stereocenters. The Kier molecular flexibility index (Phi) is 23.1. The fourth-order valence-electron chi connectivity index (χ4n) is 28.2. The molecule has 0 spiro atoms. The van der Waals surface area contributed by atoms with Gasteiger partial charge in [-0.3, -0.25) is 33.6 Å². The summed E-state index contributed by atoms with van der Waals surface area (Å²) in [6.07, 6.45) is 22.8. The molecule has 6 aromatic rings. The number of ether oxygens (including phenoxy) is 3. The molecule has 0 radical (unpaired) electrons. The molecule has 25 unspecified atom stereocenters. The predicted octanol–water partition coefficient (Wildman–Crippen LogP) is 13.1. The minimum absolute atomic E-state index is 0.00317. The van der Waals surface area contributed by atoms with Crippen molar-refractivity contribution in [2.75, 3.05) is 46.4 Å². The van der Waals surface area contributed by atoms with Crippen molar-refractivity contribution in [3.8, 4) is 0 Å². The van der Waals surface area contributed by atoms with Gasteiger partial charge in [0.05, 0.1) is 85.1 Å². The predicted molar refractivity (Wildman–Crippen MR) is 463 cm³/mol. The fourth-order valence-corrected chi connectivity index (χ4v) is 33.0. The first-order valence-electron chi connectivity index (χ1n) is 46.7. The van der Waals surface area contributed by atoms with E-state index in [0.29, 0.717) is 97.0 Å². The Morgan fingerprint density at radius 3 is 1.08 bits per heavy atom. The summed E-state index contributed by atoms with van der Waals surface area (Å²) < 4.78 is 77.5. The number of hydrogen-bond acceptors (Lipinski definition) is 17. The molecular formula is C100H121F4N9O13Si. The number of rotatable bonds is 14. The van der Waals surface area contributed by atoms with Gasteiger partial charge in [-0.25, -0.2) is 37.5 Å². The van der Waals surface area contributed by atoms with Crippen LogP contribution < -0.4 is 10.4 Å². The number of aromatic nitrogens is 4. The number of esters is 2. The Labute approximate surface area is 741 Å². The lowest BCUT2D eigenvalue weighted by molar-refractivity contribution is -0.155. The number of likely N-dealkylation sites (tertiary alicyclic amines) is 5. The van der Waals surface area contributed by atoms with Crippen molar-refractivity contribution >= 4 is 60.2 Å². The third kappa shape index (κ3) is 16.6. The molecule has 17 aliphatic rings. The van der Waals surface area contributed by atoms with Crippen LogP contribution in [0.5, 0.6) is 0 Å². The van der Waals surface area contributed by atoms with Gasteiger partial charge in [-0.15, -0.1) is 0 Å². The zero-order valence-corrected chi connectivity index (χ0v) is 75.1. The Bertz CT molecular complexity index is 4970. The van der Waals surface area contributed by atoms with E-state index >= 15 is 0 Å². The van der Waals surface area contributed by atoms with Crippen molar-refractivity contribution in [2.45, 2.75) is 236 Å². The first-order chi connectivity index (χ1) is 60.6. The lowest BCUT2D eigenvalue weighted by Gasteiger charge is -2.49. The summed E-state index contributed by atoms with van der Waals surface area (Å²) in [7, 11) is -1.25. The molecule has 12 saturated carbocycles. The number of methoxy groups -OCH3 is 1. The van der Waals surface area contributed by atoms with Crippen LogP contribution in [-0.4, -0.2) is 212 Å². The van der Waals surface area contributed by atoms with Gasteiger partial charge >= 0.3 is 11.9 Å². The van der Waals surface area contributed by atoms with E-state index in [1.165, 1.54) is 65.3 Å². The molecule has 17 fully saturated rings. The number of pyridine rings is 4. The minimum atomic E-state index is -2.79. The average molecular weight is 1760 g/mol. The smallest absolute Gasteiger partial charge is 0.309 e. The van der Waals surface area contributed by atoms with Crippen molar-refractivity contribution in [3.63, 3.8) is 0 Å². The SMILES string of the molecule is CC12CC3CC(C1)C(C3O)N(C(=O)c1ccc(F)cn1)C2.CC12CC3CC(C1)C(C3OC(=O)C1CC1)N(C(=O)c1ccc(F)cn1)C2.CC12CC3CC(C1)C(C3OC(=O)C1CC1)N(C(=O)c1ccc(F)cn1)C2.CC12CC3CC(C1)C(C3O[Si](c1ccccc1)(c1ccccc1)C(C)(C)C)N(C(=O)c1ccc(F)cn1)C2.COCC(=O)N1CC2CC3CC(C2)C1C3O. The number of fused-ring (bicyclic) bond motifs is 10. The molecule has 127 heavy (non-hydrogen) atoms. The first kappa shape index (κ1) is 87.4. The Balaban J connectivity index is 0.000000106. The maximum absolute atomic E-state index is 13.9. The molecule has 15 bridgehead atoms. The molecule has 9 heterocycles. The Morgan fingerprint density at radius 1 is 0.402 bits per heavy atom. The van der Waals surface area contributed by atoms with E-state index < -0.39 is 37.7 Å². The minimum Gasteiger partial charge on any atom is -0.460 e. The lowest BCUT2D eigenvalue weighted by Crippen LogP contribution is -2.69. The third-order valence-electron chi connectivity index (χ3n) is 32.8. The molecule has 5 saturated heterocycles. The highest BCUT2D eigenvalue weighted by Crippen LogP contribution is 2.63. The standard InChI is InChI=1S/C32H37FN2O2Si.2C20H23FN2O3.C16H19FN2O2.C12H19NO3/c1-31(2,3)38(25-11-7-5-8-12-25,26-13-9-6-10-14-26)37-29-23-17-22-18-32(4,19-23)21-35(28(22)29)30(36)27-16-15-24(33)20-34-27;2*1-20-7-12-6-13(8-20)17(26-19(25)11-2-3-11)16(12)23(10-20)18(24)15-5-4-14(21)9-22-15;1-16-5-9-4-10(6-16)14(20)13(9)19(8-16)15(21)12-3-2-11(17)7-18-12;1-16-6-10(14)13-5-7-2-8-4-9(3-7)12(15)11(8)13/h5-16,20,22-23,28-29H,17-19,21H2,1-4H3;2*4-5,9,11-13,16-17H,2-3,6-8,10H2,1H3;2-3,7,9-10,13-14,20H,4-6,8H2,1H3;7-9,11-12,15H,2-6H2,1H3. The number of benzene rings is 2. The molecule has 2 N–H and O–H groups in total. The molecule has 5 amide bonds. The highest BCUT2D eigenvalue weighted by molar-refractivity contribution is 6.99. The number of aliphatic hydroxyl groups excluding tert-OH is 2. The van der Waals surface area contributed by atoms with Crippen LogP contribution in [0.2, 0.25) is 5.04 Å².